The molecule has 0 unspecified atom stereocenters. The summed E-state index contributed by atoms with van der Waals surface area (Å²) in [5.41, 5.74) is 11.0. The van der Waals surface area contributed by atoms with Crippen molar-refractivity contribution in [2.45, 2.75) is 0 Å². The van der Waals surface area contributed by atoms with E-state index in [1.165, 1.54) is 32.6 Å². The molecule has 0 fully saturated rings. The van der Waals surface area contributed by atoms with Crippen LogP contribution in [0.3, 0.4) is 0 Å². The third-order valence-electron chi connectivity index (χ3n) is 7.70. The summed E-state index contributed by atoms with van der Waals surface area (Å²) in [5.74, 6) is 0. The average Bonchev–Trinajstić information content (AvgIpc) is 3.50. The Morgan fingerprint density at radius 1 is 0.444 bits per heavy atom. The molecule has 0 spiro atoms. The summed E-state index contributed by atoms with van der Waals surface area (Å²) in [6.07, 6.45) is 0. The van der Waals surface area contributed by atoms with Gasteiger partial charge in [0, 0.05) is 57.8 Å². The molecule has 0 atom stereocenters. The van der Waals surface area contributed by atoms with Gasteiger partial charge in [-0.1, -0.05) is 72.8 Å². The molecule has 36 heavy (non-hydrogen) atoms. The van der Waals surface area contributed by atoms with Crippen LogP contribution in [0.5, 0.6) is 0 Å². The Morgan fingerprint density at radius 3 is 1.25 bits per heavy atom. The molecule has 0 bridgehead atoms. The van der Waals surface area contributed by atoms with Crippen molar-refractivity contribution in [1.82, 2.24) is 19.1 Å². The Morgan fingerprint density at radius 2 is 0.806 bits per heavy atom. The van der Waals surface area contributed by atoms with Crippen molar-refractivity contribution in [2.24, 2.45) is 14.1 Å². The number of hydrogen-bond donors (Lipinski definition) is 0. The van der Waals surface area contributed by atoms with E-state index in [9.17, 15) is 0 Å². The number of aromatic nitrogens is 4. The Balaban J connectivity index is 1.68. The fourth-order valence-corrected chi connectivity index (χ4v) is 6.13. The molecule has 0 amide bonds. The van der Waals surface area contributed by atoms with Gasteiger partial charge in [-0.25, -0.2) is 9.97 Å². The number of para-hydroxylation sites is 4. The van der Waals surface area contributed by atoms with Crippen LogP contribution in [0.2, 0.25) is 0 Å². The van der Waals surface area contributed by atoms with Gasteiger partial charge >= 0.3 is 0 Å². The first-order valence-electron chi connectivity index (χ1n) is 12.2. The molecule has 4 heteroatoms. The maximum absolute atomic E-state index is 5.24. The van der Waals surface area contributed by atoms with Gasteiger partial charge in [-0.2, -0.15) is 0 Å². The first-order valence-corrected chi connectivity index (χ1v) is 12.2. The summed E-state index contributed by atoms with van der Waals surface area (Å²) in [7, 11) is 4.30. The van der Waals surface area contributed by atoms with E-state index < -0.39 is 0 Å². The van der Waals surface area contributed by atoms with Crippen molar-refractivity contribution in [3.63, 3.8) is 0 Å². The number of rotatable bonds is 1. The molecule has 4 aliphatic heterocycles. The lowest BCUT2D eigenvalue weighted by molar-refractivity contribution is 0.964. The Kier molecular flexibility index (Phi) is 3.77. The largest absolute Gasteiger partial charge is 0.342 e. The van der Waals surface area contributed by atoms with Gasteiger partial charge in [0.25, 0.3) is 0 Å². The molecule has 0 saturated carbocycles. The highest BCUT2D eigenvalue weighted by Gasteiger charge is 2.29. The number of benzene rings is 4. The second-order valence-electron chi connectivity index (χ2n) is 9.55. The lowest BCUT2D eigenvalue weighted by atomic mass is 9.90. The molecule has 0 radical (unpaired) electrons. The highest BCUT2D eigenvalue weighted by molar-refractivity contribution is 6.18. The van der Waals surface area contributed by atoms with Crippen molar-refractivity contribution in [3.8, 4) is 33.9 Å². The van der Waals surface area contributed by atoms with E-state index in [1.54, 1.807) is 0 Å². The van der Waals surface area contributed by atoms with Crippen molar-refractivity contribution < 1.29 is 0 Å². The molecule has 4 aliphatic rings. The van der Waals surface area contributed by atoms with Crippen LogP contribution in [0.25, 0.3) is 77.5 Å². The van der Waals surface area contributed by atoms with E-state index >= 15 is 0 Å². The van der Waals surface area contributed by atoms with Crippen LogP contribution in [0.4, 0.5) is 0 Å². The van der Waals surface area contributed by atoms with Crippen molar-refractivity contribution in [1.29, 1.82) is 0 Å². The van der Waals surface area contributed by atoms with Crippen LogP contribution in [0, 0.1) is 0 Å². The fourth-order valence-electron chi connectivity index (χ4n) is 6.13. The summed E-state index contributed by atoms with van der Waals surface area (Å²) in [4.78, 5) is 10.5. The van der Waals surface area contributed by atoms with Gasteiger partial charge in [0.15, 0.2) is 0 Å². The number of nitrogens with zero attached hydrogens (tertiary/aromatic N) is 4. The molecule has 4 aromatic rings. The quantitative estimate of drug-likeness (QED) is 0.251. The van der Waals surface area contributed by atoms with Crippen molar-refractivity contribution in [3.05, 3.63) is 97.1 Å². The number of hydrogen-bond acceptors (Lipinski definition) is 2. The molecule has 4 nitrogen and oxygen atoms in total. The molecular formula is C32H22N4. The van der Waals surface area contributed by atoms with Gasteiger partial charge in [-0.15, -0.1) is 0 Å². The predicted octanol–water partition coefficient (Wildman–Crippen LogP) is 7.64. The van der Waals surface area contributed by atoms with Crippen molar-refractivity contribution >= 4 is 43.6 Å². The Hall–Kier alpha value is -4.70. The predicted molar refractivity (Wildman–Crippen MR) is 149 cm³/mol. The molecule has 0 aliphatic carbocycles. The van der Waals surface area contributed by atoms with Gasteiger partial charge in [0.1, 0.15) is 0 Å². The molecule has 0 saturated heterocycles. The minimum Gasteiger partial charge on any atom is -0.342 e. The van der Waals surface area contributed by atoms with E-state index in [0.717, 1.165) is 44.9 Å². The summed E-state index contributed by atoms with van der Waals surface area (Å²) in [6, 6.07) is 34.2. The fraction of sp³-hybridized carbons (Fsp3) is 0.0625. The van der Waals surface area contributed by atoms with Crippen LogP contribution in [0.15, 0.2) is 97.1 Å². The van der Waals surface area contributed by atoms with Gasteiger partial charge in [-0.05, 0) is 24.3 Å². The molecule has 0 aromatic heterocycles. The highest BCUT2D eigenvalue weighted by atomic mass is 15.0. The third kappa shape index (κ3) is 2.38. The first kappa shape index (κ1) is 19.6. The zero-order valence-electron chi connectivity index (χ0n) is 20.0. The Labute approximate surface area is 207 Å². The summed E-state index contributed by atoms with van der Waals surface area (Å²) in [5, 5.41) is 4.71. The first-order chi connectivity index (χ1) is 17.7. The van der Waals surface area contributed by atoms with Crippen LogP contribution < -0.4 is 0 Å². The molecule has 8 rings (SSSR count). The number of aryl methyl sites for hydroxylation is 2. The van der Waals surface area contributed by atoms with Gasteiger partial charge in [0.05, 0.1) is 33.8 Å². The van der Waals surface area contributed by atoms with Crippen LogP contribution in [0.1, 0.15) is 0 Å². The van der Waals surface area contributed by atoms with E-state index in [1.807, 2.05) is 0 Å². The lowest BCUT2D eigenvalue weighted by Crippen LogP contribution is -2.06. The SMILES string of the molecule is Cn1c2c3ccccc3nc-2c(-c2c3nc4ccccc4c-3n(C)c3ccccc23)c2ccccc21. The Bertz CT molecular complexity index is 1920. The minimum absolute atomic E-state index is 1.02. The average molecular weight is 463 g/mol. The van der Waals surface area contributed by atoms with E-state index in [4.69, 9.17) is 9.97 Å². The standard InChI is InChI=1S/C32H22N4/c1-35-25-17-9-5-13-21(25)27(29-31(35)19-11-3-7-15-23(19)33-29)28-22-14-6-10-18-26(22)36(2)32-20-12-4-8-16-24(20)34-30(28)32/h3-18H,1-2H3. The molecule has 170 valence electrons. The zero-order valence-corrected chi connectivity index (χ0v) is 20.0. The molecule has 4 heterocycles. The normalized spacial score (nSPS) is 12.2. The summed E-state index contributed by atoms with van der Waals surface area (Å²) >= 11 is 0. The number of pyridine rings is 2. The molecule has 4 aromatic carbocycles. The number of fused-ring (bicyclic) bond motifs is 8. The molecular weight excluding hydrogens is 440 g/mol. The maximum atomic E-state index is 5.24. The van der Waals surface area contributed by atoms with Gasteiger partial charge in [-0.3, -0.25) is 0 Å². The highest BCUT2D eigenvalue weighted by Crippen LogP contribution is 2.49. The lowest BCUT2D eigenvalue weighted by Gasteiger charge is -2.22. The van der Waals surface area contributed by atoms with Crippen LogP contribution >= 0.6 is 0 Å². The second-order valence-corrected chi connectivity index (χ2v) is 9.55. The monoisotopic (exact) mass is 462 g/mol. The maximum Gasteiger partial charge on any atom is 0.0967 e. The molecule has 0 N–H and O–H groups in total. The van der Waals surface area contributed by atoms with Crippen molar-refractivity contribution in [2.75, 3.05) is 0 Å². The van der Waals surface area contributed by atoms with E-state index in [-0.39, 0.29) is 0 Å². The minimum atomic E-state index is 1.02. The van der Waals surface area contributed by atoms with E-state index in [2.05, 4.69) is 120 Å². The zero-order chi connectivity index (χ0) is 24.0. The van der Waals surface area contributed by atoms with E-state index in [0.29, 0.717) is 0 Å². The topological polar surface area (TPSA) is 35.6 Å². The van der Waals surface area contributed by atoms with Crippen LogP contribution in [-0.4, -0.2) is 19.1 Å². The van der Waals surface area contributed by atoms with Crippen LogP contribution in [-0.2, 0) is 14.1 Å². The third-order valence-corrected chi connectivity index (χ3v) is 7.70. The summed E-state index contributed by atoms with van der Waals surface area (Å²) < 4.78 is 4.58. The van der Waals surface area contributed by atoms with Gasteiger partial charge in [0.2, 0.25) is 0 Å². The summed E-state index contributed by atoms with van der Waals surface area (Å²) in [6.45, 7) is 0. The van der Waals surface area contributed by atoms with Gasteiger partial charge < -0.3 is 9.13 Å². The smallest absolute Gasteiger partial charge is 0.0967 e. The second kappa shape index (κ2) is 6.92.